The van der Waals surface area contributed by atoms with Crippen LogP contribution >= 0.6 is 0 Å². The first kappa shape index (κ1) is 16.9. The third kappa shape index (κ3) is 4.03. The summed E-state index contributed by atoms with van der Waals surface area (Å²) in [7, 11) is 2.92. The molecule has 23 heavy (non-hydrogen) atoms. The van der Waals surface area contributed by atoms with Crippen molar-refractivity contribution >= 4 is 5.78 Å². The molecular weight excluding hydrogens is 309 g/mol. The first-order valence-electron chi connectivity index (χ1n) is 6.76. The van der Waals surface area contributed by atoms with Crippen molar-refractivity contribution in [1.82, 2.24) is 0 Å². The molecule has 0 spiro atoms. The van der Waals surface area contributed by atoms with Crippen LogP contribution in [0, 0.1) is 0 Å². The van der Waals surface area contributed by atoms with Gasteiger partial charge in [0.1, 0.15) is 11.5 Å². The molecule has 0 N–H and O–H groups in total. The van der Waals surface area contributed by atoms with Crippen LogP contribution in [-0.4, -0.2) is 20.0 Å². The molecule has 2 rings (SSSR count). The van der Waals surface area contributed by atoms with Gasteiger partial charge in [-0.15, -0.1) is 0 Å². The molecule has 0 aliphatic heterocycles. The second-order valence-corrected chi connectivity index (χ2v) is 4.86. The highest BCUT2D eigenvalue weighted by Crippen LogP contribution is 2.30. The van der Waals surface area contributed by atoms with E-state index in [4.69, 9.17) is 9.47 Å². The lowest BCUT2D eigenvalue weighted by Crippen LogP contribution is -2.08. The summed E-state index contributed by atoms with van der Waals surface area (Å²) in [5.41, 5.74) is 0.0762. The molecule has 0 fully saturated rings. The Morgan fingerprint density at radius 1 is 1.00 bits per heavy atom. The minimum atomic E-state index is -4.39. The zero-order valence-corrected chi connectivity index (χ0v) is 12.6. The second-order valence-electron chi connectivity index (χ2n) is 4.86. The van der Waals surface area contributed by atoms with Gasteiger partial charge in [0, 0.05) is 6.42 Å². The summed E-state index contributed by atoms with van der Waals surface area (Å²) in [4.78, 5) is 12.4. The number of alkyl halides is 3. The van der Waals surface area contributed by atoms with E-state index >= 15 is 0 Å². The molecule has 0 unspecified atom stereocenters. The molecular formula is C17H15F3O3. The van der Waals surface area contributed by atoms with Gasteiger partial charge in [-0.25, -0.2) is 0 Å². The third-order valence-electron chi connectivity index (χ3n) is 3.35. The SMILES string of the molecule is COc1ccc(OC)c(C(=O)Cc2ccc(C(F)(F)F)cc2)c1. The molecule has 0 atom stereocenters. The minimum absolute atomic E-state index is 0.0261. The van der Waals surface area contributed by atoms with Gasteiger partial charge in [0.15, 0.2) is 5.78 Å². The molecule has 0 aromatic heterocycles. The topological polar surface area (TPSA) is 35.5 Å². The van der Waals surface area contributed by atoms with Crippen molar-refractivity contribution < 1.29 is 27.4 Å². The third-order valence-corrected chi connectivity index (χ3v) is 3.35. The average Bonchev–Trinajstić information content (AvgIpc) is 2.53. The summed E-state index contributed by atoms with van der Waals surface area (Å²) in [5, 5.41) is 0. The molecule has 0 aliphatic carbocycles. The standard InChI is InChI=1S/C17H15F3O3/c1-22-13-7-8-16(23-2)14(10-13)15(21)9-11-3-5-12(6-4-11)17(18,19)20/h3-8,10H,9H2,1-2H3. The van der Waals surface area contributed by atoms with E-state index in [1.54, 1.807) is 18.2 Å². The molecule has 122 valence electrons. The number of hydrogen-bond acceptors (Lipinski definition) is 3. The van der Waals surface area contributed by atoms with Crippen molar-refractivity contribution in [3.05, 3.63) is 59.2 Å². The van der Waals surface area contributed by atoms with Gasteiger partial charge in [-0.3, -0.25) is 4.79 Å². The van der Waals surface area contributed by atoms with E-state index in [1.165, 1.54) is 26.4 Å². The monoisotopic (exact) mass is 324 g/mol. The maximum atomic E-state index is 12.5. The normalized spacial score (nSPS) is 11.2. The van der Waals surface area contributed by atoms with E-state index in [0.29, 0.717) is 22.6 Å². The number of rotatable bonds is 5. The Bertz CT molecular complexity index is 691. The van der Waals surface area contributed by atoms with Gasteiger partial charge in [-0.1, -0.05) is 12.1 Å². The molecule has 0 saturated heterocycles. The number of ketones is 1. The predicted molar refractivity (Wildman–Crippen MR) is 79.0 cm³/mol. The number of hydrogen-bond donors (Lipinski definition) is 0. The van der Waals surface area contributed by atoms with E-state index in [9.17, 15) is 18.0 Å². The number of halogens is 3. The fourth-order valence-corrected chi connectivity index (χ4v) is 2.12. The summed E-state index contributed by atoms with van der Waals surface area (Å²) in [5.74, 6) is 0.629. The van der Waals surface area contributed by atoms with Crippen molar-refractivity contribution in [2.75, 3.05) is 14.2 Å². The lowest BCUT2D eigenvalue weighted by Gasteiger charge is -2.10. The van der Waals surface area contributed by atoms with E-state index in [0.717, 1.165) is 12.1 Å². The molecule has 6 heteroatoms. The second kappa shape index (κ2) is 6.73. The van der Waals surface area contributed by atoms with Crippen LogP contribution in [0.25, 0.3) is 0 Å². The van der Waals surface area contributed by atoms with Crippen LogP contribution in [0.2, 0.25) is 0 Å². The zero-order valence-electron chi connectivity index (χ0n) is 12.6. The fraction of sp³-hybridized carbons (Fsp3) is 0.235. The van der Waals surface area contributed by atoms with Crippen LogP contribution in [0.3, 0.4) is 0 Å². The number of benzene rings is 2. The van der Waals surface area contributed by atoms with Gasteiger partial charge >= 0.3 is 6.18 Å². The number of carbonyl (C=O) groups is 1. The Balaban J connectivity index is 2.22. The molecule has 2 aromatic carbocycles. The lowest BCUT2D eigenvalue weighted by molar-refractivity contribution is -0.137. The molecule has 0 amide bonds. The molecule has 0 bridgehead atoms. The van der Waals surface area contributed by atoms with E-state index in [2.05, 4.69) is 0 Å². The Hall–Kier alpha value is -2.50. The Morgan fingerprint density at radius 2 is 1.65 bits per heavy atom. The Labute approximate surface area is 131 Å². The maximum Gasteiger partial charge on any atom is 0.416 e. The molecule has 2 aromatic rings. The number of carbonyl (C=O) groups excluding carboxylic acids is 1. The van der Waals surface area contributed by atoms with Crippen LogP contribution < -0.4 is 9.47 Å². The first-order valence-corrected chi connectivity index (χ1v) is 6.76. The maximum absolute atomic E-state index is 12.5. The smallest absolute Gasteiger partial charge is 0.416 e. The van der Waals surface area contributed by atoms with Gasteiger partial charge in [0.2, 0.25) is 0 Å². The van der Waals surface area contributed by atoms with E-state index in [-0.39, 0.29) is 12.2 Å². The van der Waals surface area contributed by atoms with Crippen LogP contribution in [0.15, 0.2) is 42.5 Å². The number of ether oxygens (including phenoxy) is 2. The minimum Gasteiger partial charge on any atom is -0.497 e. The molecule has 0 saturated carbocycles. The lowest BCUT2D eigenvalue weighted by atomic mass is 10.0. The van der Waals surface area contributed by atoms with Crippen LogP contribution in [0.1, 0.15) is 21.5 Å². The molecule has 0 aliphatic rings. The fourth-order valence-electron chi connectivity index (χ4n) is 2.12. The van der Waals surface area contributed by atoms with Crippen molar-refractivity contribution in [1.29, 1.82) is 0 Å². The molecule has 3 nitrogen and oxygen atoms in total. The van der Waals surface area contributed by atoms with Crippen LogP contribution in [0.4, 0.5) is 13.2 Å². The highest BCUT2D eigenvalue weighted by Gasteiger charge is 2.30. The summed E-state index contributed by atoms with van der Waals surface area (Å²) < 4.78 is 47.8. The van der Waals surface area contributed by atoms with Crippen molar-refractivity contribution in [3.63, 3.8) is 0 Å². The Kier molecular flexibility index (Phi) is 4.93. The van der Waals surface area contributed by atoms with Crippen molar-refractivity contribution in [2.24, 2.45) is 0 Å². The largest absolute Gasteiger partial charge is 0.497 e. The highest BCUT2D eigenvalue weighted by molar-refractivity contribution is 6.00. The van der Waals surface area contributed by atoms with Gasteiger partial charge in [0.05, 0.1) is 25.3 Å². The van der Waals surface area contributed by atoms with Crippen molar-refractivity contribution in [3.8, 4) is 11.5 Å². The van der Waals surface area contributed by atoms with E-state index < -0.39 is 11.7 Å². The molecule has 0 radical (unpaired) electrons. The predicted octanol–water partition coefficient (Wildman–Crippen LogP) is 4.15. The Morgan fingerprint density at radius 3 is 2.17 bits per heavy atom. The number of methoxy groups -OCH3 is 2. The summed E-state index contributed by atoms with van der Waals surface area (Å²) in [6, 6.07) is 9.34. The van der Waals surface area contributed by atoms with Crippen LogP contribution in [-0.2, 0) is 12.6 Å². The zero-order chi connectivity index (χ0) is 17.0. The van der Waals surface area contributed by atoms with Gasteiger partial charge in [-0.2, -0.15) is 13.2 Å². The summed E-state index contributed by atoms with van der Waals surface area (Å²) in [6.45, 7) is 0. The van der Waals surface area contributed by atoms with Gasteiger partial charge in [-0.05, 0) is 35.9 Å². The van der Waals surface area contributed by atoms with Gasteiger partial charge in [0.25, 0.3) is 0 Å². The summed E-state index contributed by atoms with van der Waals surface area (Å²) >= 11 is 0. The van der Waals surface area contributed by atoms with Crippen LogP contribution in [0.5, 0.6) is 11.5 Å². The van der Waals surface area contributed by atoms with Crippen molar-refractivity contribution in [2.45, 2.75) is 12.6 Å². The molecule has 0 heterocycles. The van der Waals surface area contributed by atoms with Gasteiger partial charge < -0.3 is 9.47 Å². The average molecular weight is 324 g/mol. The first-order chi connectivity index (χ1) is 10.8. The quantitative estimate of drug-likeness (QED) is 0.775. The summed E-state index contributed by atoms with van der Waals surface area (Å²) in [6.07, 6.45) is -4.42. The van der Waals surface area contributed by atoms with E-state index in [1.807, 2.05) is 0 Å². The highest BCUT2D eigenvalue weighted by atomic mass is 19.4. The number of Topliss-reactive ketones (excluding diaryl/α,β-unsaturated/α-hetero) is 1.